The number of sulfonamides is 1. The van der Waals surface area contributed by atoms with Crippen LogP contribution in [-0.4, -0.2) is 38.7 Å². The monoisotopic (exact) mass is 473 g/mol. The molecule has 0 spiro atoms. The normalized spacial score (nSPS) is 11.1. The third-order valence-corrected chi connectivity index (χ3v) is 7.59. The van der Waals surface area contributed by atoms with Gasteiger partial charge in [0.2, 0.25) is 0 Å². The number of carbonyl (C=O) groups is 2. The summed E-state index contributed by atoms with van der Waals surface area (Å²) in [7, 11) is -2.22. The number of rotatable bonds is 8. The quantitative estimate of drug-likeness (QED) is 0.499. The Balaban J connectivity index is 1.60. The van der Waals surface area contributed by atoms with Crippen molar-refractivity contribution in [2.75, 3.05) is 23.3 Å². The van der Waals surface area contributed by atoms with Crippen molar-refractivity contribution < 1.29 is 22.7 Å². The third-order valence-electron chi connectivity index (χ3n) is 4.61. The Morgan fingerprint density at radius 3 is 2.25 bits per heavy atom. The van der Waals surface area contributed by atoms with E-state index in [9.17, 15) is 18.0 Å². The molecule has 10 heteroatoms. The van der Waals surface area contributed by atoms with Gasteiger partial charge in [-0.25, -0.2) is 13.4 Å². The van der Waals surface area contributed by atoms with E-state index in [0.717, 1.165) is 16.9 Å². The van der Waals surface area contributed by atoms with Crippen LogP contribution in [0.1, 0.15) is 27.9 Å². The lowest BCUT2D eigenvalue weighted by molar-refractivity contribution is -0.118. The first-order valence-electron chi connectivity index (χ1n) is 9.64. The number of benzene rings is 2. The minimum absolute atomic E-state index is 0.105. The van der Waals surface area contributed by atoms with Crippen molar-refractivity contribution in [3.8, 4) is 5.75 Å². The molecule has 1 amide bonds. The zero-order valence-electron chi connectivity index (χ0n) is 18.1. The standard InChI is InChI=1S/C22H23N3O5S2/c1-14-5-11-19(12-6-14)32(28,29)25(4)17-7-9-18(10-8-17)30-13-20(27)24-22-23-15(2)21(31-22)16(3)26/h5-12H,13H2,1-4H3,(H,23,24,27). The van der Waals surface area contributed by atoms with E-state index < -0.39 is 15.9 Å². The zero-order chi connectivity index (χ0) is 23.5. The van der Waals surface area contributed by atoms with Gasteiger partial charge >= 0.3 is 0 Å². The third kappa shape index (κ3) is 5.32. The molecule has 8 nitrogen and oxygen atoms in total. The zero-order valence-corrected chi connectivity index (χ0v) is 19.7. The lowest BCUT2D eigenvalue weighted by Crippen LogP contribution is -2.26. The number of thiazole rings is 1. The number of Topliss-reactive ketones (excluding diaryl/α,β-unsaturated/α-hetero) is 1. The van der Waals surface area contributed by atoms with Crippen molar-refractivity contribution in [3.63, 3.8) is 0 Å². The highest BCUT2D eigenvalue weighted by Gasteiger charge is 2.21. The smallest absolute Gasteiger partial charge is 0.264 e. The molecule has 3 rings (SSSR count). The lowest BCUT2D eigenvalue weighted by Gasteiger charge is -2.20. The Kier molecular flexibility index (Phi) is 6.95. The summed E-state index contributed by atoms with van der Waals surface area (Å²) in [6, 6.07) is 13.0. The predicted molar refractivity (Wildman–Crippen MR) is 124 cm³/mol. The van der Waals surface area contributed by atoms with Crippen molar-refractivity contribution in [3.05, 3.63) is 64.7 Å². The van der Waals surface area contributed by atoms with Crippen LogP contribution in [0, 0.1) is 13.8 Å². The molecule has 0 aliphatic carbocycles. The van der Waals surface area contributed by atoms with Crippen LogP contribution in [0.3, 0.4) is 0 Å². The summed E-state index contributed by atoms with van der Waals surface area (Å²) >= 11 is 1.11. The number of nitrogens with zero attached hydrogens (tertiary/aromatic N) is 2. The van der Waals surface area contributed by atoms with E-state index in [-0.39, 0.29) is 17.3 Å². The van der Waals surface area contributed by atoms with E-state index in [2.05, 4.69) is 10.3 Å². The largest absolute Gasteiger partial charge is 0.484 e. The molecule has 0 bridgehead atoms. The van der Waals surface area contributed by atoms with Gasteiger partial charge in [0, 0.05) is 14.0 Å². The number of aromatic nitrogens is 1. The van der Waals surface area contributed by atoms with Crippen molar-refractivity contribution in [1.29, 1.82) is 0 Å². The second-order valence-corrected chi connectivity index (χ2v) is 10.1. The molecule has 0 aliphatic heterocycles. The number of nitrogens with one attached hydrogen (secondary N) is 1. The molecule has 0 saturated heterocycles. The average molecular weight is 474 g/mol. The van der Waals surface area contributed by atoms with Crippen molar-refractivity contribution in [2.24, 2.45) is 0 Å². The van der Waals surface area contributed by atoms with E-state index >= 15 is 0 Å². The van der Waals surface area contributed by atoms with Gasteiger partial charge in [-0.3, -0.25) is 19.2 Å². The maximum Gasteiger partial charge on any atom is 0.264 e. The molecular weight excluding hydrogens is 450 g/mol. The Hall–Kier alpha value is -3.24. The second-order valence-electron chi connectivity index (χ2n) is 7.11. The molecule has 0 fully saturated rings. The molecule has 3 aromatic rings. The molecule has 1 heterocycles. The van der Waals surface area contributed by atoms with Crippen LogP contribution < -0.4 is 14.4 Å². The summed E-state index contributed by atoms with van der Waals surface area (Å²) in [6.07, 6.45) is 0. The number of ether oxygens (including phenoxy) is 1. The van der Waals surface area contributed by atoms with Crippen LogP contribution in [0.25, 0.3) is 0 Å². The van der Waals surface area contributed by atoms with Crippen LogP contribution in [0.15, 0.2) is 53.4 Å². The highest BCUT2D eigenvalue weighted by atomic mass is 32.2. The second kappa shape index (κ2) is 9.49. The first kappa shape index (κ1) is 23.4. The Labute approximate surface area is 190 Å². The first-order chi connectivity index (χ1) is 15.1. The maximum absolute atomic E-state index is 12.8. The fraction of sp³-hybridized carbons (Fsp3) is 0.227. The van der Waals surface area contributed by atoms with Gasteiger partial charge in [-0.1, -0.05) is 29.0 Å². The van der Waals surface area contributed by atoms with Crippen molar-refractivity contribution >= 4 is 43.9 Å². The summed E-state index contributed by atoms with van der Waals surface area (Å²) in [5, 5.41) is 2.94. The van der Waals surface area contributed by atoms with Gasteiger partial charge in [-0.05, 0) is 50.2 Å². The molecule has 0 saturated carbocycles. The Bertz CT molecular complexity index is 1230. The fourth-order valence-corrected chi connectivity index (χ4v) is 4.91. The van der Waals surface area contributed by atoms with Gasteiger partial charge in [-0.2, -0.15) is 0 Å². The Morgan fingerprint density at radius 1 is 1.06 bits per heavy atom. The lowest BCUT2D eigenvalue weighted by atomic mass is 10.2. The Morgan fingerprint density at radius 2 is 1.69 bits per heavy atom. The molecule has 32 heavy (non-hydrogen) atoms. The maximum atomic E-state index is 12.8. The molecule has 2 aromatic carbocycles. The highest BCUT2D eigenvalue weighted by molar-refractivity contribution is 7.92. The van der Waals surface area contributed by atoms with Gasteiger partial charge in [-0.15, -0.1) is 0 Å². The SMILES string of the molecule is CC(=O)c1sc(NC(=O)COc2ccc(N(C)S(=O)(=O)c3ccc(C)cc3)cc2)nc1C. The molecule has 0 aliphatic rings. The summed E-state index contributed by atoms with van der Waals surface area (Å²) in [5.74, 6) is -0.118. The first-order valence-corrected chi connectivity index (χ1v) is 11.9. The molecule has 1 aromatic heterocycles. The van der Waals surface area contributed by atoms with Crippen LogP contribution in [-0.2, 0) is 14.8 Å². The predicted octanol–water partition coefficient (Wildman–Crippen LogP) is 3.81. The molecular formula is C22H23N3O5S2. The van der Waals surface area contributed by atoms with Crippen molar-refractivity contribution in [2.45, 2.75) is 25.7 Å². The molecule has 0 unspecified atom stereocenters. The minimum atomic E-state index is -3.69. The number of hydrogen-bond acceptors (Lipinski definition) is 7. The van der Waals surface area contributed by atoms with Gasteiger partial charge in [0.1, 0.15) is 5.75 Å². The van der Waals surface area contributed by atoms with Crippen LogP contribution >= 0.6 is 11.3 Å². The van der Waals surface area contributed by atoms with Crippen LogP contribution in [0.4, 0.5) is 10.8 Å². The van der Waals surface area contributed by atoms with E-state index in [4.69, 9.17) is 4.74 Å². The van der Waals surface area contributed by atoms with E-state index in [1.807, 2.05) is 6.92 Å². The van der Waals surface area contributed by atoms with Gasteiger partial charge in [0.05, 0.1) is 21.2 Å². The molecule has 1 N–H and O–H groups in total. The summed E-state index contributed by atoms with van der Waals surface area (Å²) in [6.45, 7) is 4.78. The van der Waals surface area contributed by atoms with Crippen LogP contribution in [0.2, 0.25) is 0 Å². The van der Waals surface area contributed by atoms with E-state index in [1.54, 1.807) is 55.5 Å². The fourth-order valence-electron chi connectivity index (χ4n) is 2.84. The molecule has 0 radical (unpaired) electrons. The highest BCUT2D eigenvalue weighted by Crippen LogP contribution is 2.25. The summed E-state index contributed by atoms with van der Waals surface area (Å²) in [5.41, 5.74) is 2.00. The van der Waals surface area contributed by atoms with Gasteiger partial charge in [0.25, 0.3) is 15.9 Å². The van der Waals surface area contributed by atoms with Gasteiger partial charge < -0.3 is 4.74 Å². The number of aryl methyl sites for hydroxylation is 2. The number of carbonyl (C=O) groups excluding carboxylic acids is 2. The van der Waals surface area contributed by atoms with Crippen LogP contribution in [0.5, 0.6) is 5.75 Å². The number of anilines is 2. The topological polar surface area (TPSA) is 106 Å². The number of hydrogen-bond donors (Lipinski definition) is 1. The van der Waals surface area contributed by atoms with E-state index in [0.29, 0.717) is 27.1 Å². The molecule has 168 valence electrons. The van der Waals surface area contributed by atoms with Crippen molar-refractivity contribution in [1.82, 2.24) is 4.98 Å². The average Bonchev–Trinajstić information content (AvgIpc) is 3.12. The minimum Gasteiger partial charge on any atom is -0.484 e. The molecule has 0 atom stereocenters. The van der Waals surface area contributed by atoms with Gasteiger partial charge in [0.15, 0.2) is 17.5 Å². The number of ketones is 1. The summed E-state index contributed by atoms with van der Waals surface area (Å²) in [4.78, 5) is 28.5. The number of amides is 1. The summed E-state index contributed by atoms with van der Waals surface area (Å²) < 4.78 is 32.3. The van der Waals surface area contributed by atoms with E-state index in [1.165, 1.54) is 18.3 Å².